The van der Waals surface area contributed by atoms with E-state index in [-0.39, 0.29) is 0 Å². The number of nitrogens with two attached hydrogens (primary N) is 1. The largest absolute Gasteiger partial charge is 0.496 e. The third kappa shape index (κ3) is 1.90. The first-order valence-corrected chi connectivity index (χ1v) is 5.54. The number of aryl methyl sites for hydroxylation is 1. The summed E-state index contributed by atoms with van der Waals surface area (Å²) in [5.74, 6) is 1.28. The van der Waals surface area contributed by atoms with Crippen molar-refractivity contribution >= 4 is 21.7 Å². The third-order valence-electron chi connectivity index (χ3n) is 2.31. The van der Waals surface area contributed by atoms with Gasteiger partial charge in [-0.3, -0.25) is 4.68 Å². The van der Waals surface area contributed by atoms with Gasteiger partial charge >= 0.3 is 0 Å². The minimum atomic E-state index is 0.499. The van der Waals surface area contributed by atoms with Crippen molar-refractivity contribution < 1.29 is 4.74 Å². The second-order valence-electron chi connectivity index (χ2n) is 3.45. The number of benzene rings is 1. The molecular weight excluding hydrogens is 270 g/mol. The fourth-order valence-electron chi connectivity index (χ4n) is 1.60. The van der Waals surface area contributed by atoms with Gasteiger partial charge in [-0.25, -0.2) is 0 Å². The molecule has 2 rings (SSSR count). The number of hydrogen-bond acceptors (Lipinski definition) is 3. The Labute approximate surface area is 102 Å². The quantitative estimate of drug-likeness (QED) is 0.920. The summed E-state index contributed by atoms with van der Waals surface area (Å²) < 4.78 is 7.97. The molecule has 4 nitrogen and oxygen atoms in total. The van der Waals surface area contributed by atoms with Gasteiger partial charge in [-0.2, -0.15) is 5.10 Å². The SMILES string of the molecule is COc1ccc(Br)cc1-c1cn(C)nc1N. The van der Waals surface area contributed by atoms with E-state index in [1.54, 1.807) is 11.8 Å². The highest BCUT2D eigenvalue weighted by Gasteiger charge is 2.12. The molecule has 0 spiro atoms. The zero-order valence-electron chi connectivity index (χ0n) is 9.07. The molecule has 0 bridgehead atoms. The number of halogens is 1. The van der Waals surface area contributed by atoms with Crippen molar-refractivity contribution in [3.05, 3.63) is 28.9 Å². The normalized spacial score (nSPS) is 10.4. The summed E-state index contributed by atoms with van der Waals surface area (Å²) in [6, 6.07) is 5.78. The van der Waals surface area contributed by atoms with Gasteiger partial charge in [-0.1, -0.05) is 15.9 Å². The highest BCUT2D eigenvalue weighted by Crippen LogP contribution is 2.35. The minimum absolute atomic E-state index is 0.499. The molecule has 0 saturated carbocycles. The van der Waals surface area contributed by atoms with Crippen LogP contribution in [0.5, 0.6) is 5.75 Å². The number of methoxy groups -OCH3 is 1. The molecule has 0 aliphatic carbocycles. The van der Waals surface area contributed by atoms with Crippen molar-refractivity contribution in [2.45, 2.75) is 0 Å². The van der Waals surface area contributed by atoms with Gasteiger partial charge < -0.3 is 10.5 Å². The predicted molar refractivity (Wildman–Crippen MR) is 67.3 cm³/mol. The Hall–Kier alpha value is -1.49. The molecule has 0 radical (unpaired) electrons. The summed E-state index contributed by atoms with van der Waals surface area (Å²) in [6.45, 7) is 0. The van der Waals surface area contributed by atoms with Gasteiger partial charge in [-0.15, -0.1) is 0 Å². The standard InChI is InChI=1S/C11H12BrN3O/c1-15-6-9(11(13)14-15)8-5-7(12)3-4-10(8)16-2/h3-6H,1-2H3,(H2,13,14). The van der Waals surface area contributed by atoms with Crippen LogP contribution < -0.4 is 10.5 Å². The third-order valence-corrected chi connectivity index (χ3v) is 2.80. The van der Waals surface area contributed by atoms with Gasteiger partial charge in [0, 0.05) is 28.8 Å². The molecule has 0 aliphatic heterocycles. The van der Waals surface area contributed by atoms with Crippen LogP contribution in [-0.4, -0.2) is 16.9 Å². The average molecular weight is 282 g/mol. The first-order chi connectivity index (χ1) is 7.61. The van der Waals surface area contributed by atoms with Gasteiger partial charge in [0.2, 0.25) is 0 Å². The lowest BCUT2D eigenvalue weighted by Gasteiger charge is -2.07. The van der Waals surface area contributed by atoms with Crippen molar-refractivity contribution in [1.29, 1.82) is 0 Å². The van der Waals surface area contributed by atoms with E-state index in [4.69, 9.17) is 10.5 Å². The summed E-state index contributed by atoms with van der Waals surface area (Å²) in [5.41, 5.74) is 7.65. The van der Waals surface area contributed by atoms with E-state index in [0.29, 0.717) is 5.82 Å². The van der Waals surface area contributed by atoms with Gasteiger partial charge in [0.15, 0.2) is 5.82 Å². The Kier molecular flexibility index (Phi) is 2.87. The van der Waals surface area contributed by atoms with Crippen molar-refractivity contribution in [1.82, 2.24) is 9.78 Å². The van der Waals surface area contributed by atoms with Crippen molar-refractivity contribution in [2.75, 3.05) is 12.8 Å². The molecule has 5 heteroatoms. The van der Waals surface area contributed by atoms with Crippen LogP contribution in [0.2, 0.25) is 0 Å². The molecule has 0 aliphatic rings. The lowest BCUT2D eigenvalue weighted by atomic mass is 10.1. The number of nitrogen functional groups attached to an aromatic ring is 1. The summed E-state index contributed by atoms with van der Waals surface area (Å²) in [6.07, 6.45) is 1.87. The Balaban J connectivity index is 2.62. The van der Waals surface area contributed by atoms with Crippen molar-refractivity contribution in [3.8, 4) is 16.9 Å². The lowest BCUT2D eigenvalue weighted by molar-refractivity contribution is 0.416. The predicted octanol–water partition coefficient (Wildman–Crippen LogP) is 2.44. The molecule has 2 N–H and O–H groups in total. The molecule has 84 valence electrons. The maximum Gasteiger partial charge on any atom is 0.153 e. The second-order valence-corrected chi connectivity index (χ2v) is 4.36. The molecule has 1 aromatic carbocycles. The van der Waals surface area contributed by atoms with E-state index in [0.717, 1.165) is 21.3 Å². The number of hydrogen-bond donors (Lipinski definition) is 1. The van der Waals surface area contributed by atoms with E-state index in [9.17, 15) is 0 Å². The zero-order chi connectivity index (χ0) is 11.7. The Morgan fingerprint density at radius 3 is 2.69 bits per heavy atom. The Bertz CT molecular complexity index is 522. The number of anilines is 1. The van der Waals surface area contributed by atoms with Crippen molar-refractivity contribution in [2.24, 2.45) is 7.05 Å². The van der Waals surface area contributed by atoms with Crippen molar-refractivity contribution in [3.63, 3.8) is 0 Å². The van der Waals surface area contributed by atoms with Crippen LogP contribution in [-0.2, 0) is 7.05 Å². The van der Waals surface area contributed by atoms with Crippen LogP contribution in [0.4, 0.5) is 5.82 Å². The Morgan fingerprint density at radius 1 is 1.38 bits per heavy atom. The lowest BCUT2D eigenvalue weighted by Crippen LogP contribution is -1.92. The van der Waals surface area contributed by atoms with Gasteiger partial charge in [-0.05, 0) is 18.2 Å². The van der Waals surface area contributed by atoms with Crippen LogP contribution in [0.15, 0.2) is 28.9 Å². The first-order valence-electron chi connectivity index (χ1n) is 4.75. The molecule has 0 atom stereocenters. The molecule has 0 saturated heterocycles. The van der Waals surface area contributed by atoms with E-state index >= 15 is 0 Å². The van der Waals surface area contributed by atoms with E-state index in [2.05, 4.69) is 21.0 Å². The molecule has 2 aromatic rings. The molecular formula is C11H12BrN3O. The van der Waals surface area contributed by atoms with Gasteiger partial charge in [0.1, 0.15) is 5.75 Å². The first kappa shape index (κ1) is 11.0. The van der Waals surface area contributed by atoms with Gasteiger partial charge in [0.25, 0.3) is 0 Å². The number of nitrogens with zero attached hydrogens (tertiary/aromatic N) is 2. The van der Waals surface area contributed by atoms with E-state index in [1.165, 1.54) is 0 Å². The molecule has 0 fully saturated rings. The zero-order valence-corrected chi connectivity index (χ0v) is 10.7. The molecule has 1 heterocycles. The Morgan fingerprint density at radius 2 is 2.12 bits per heavy atom. The van der Waals surface area contributed by atoms with Crippen LogP contribution in [0.25, 0.3) is 11.1 Å². The van der Waals surface area contributed by atoms with E-state index < -0.39 is 0 Å². The fourth-order valence-corrected chi connectivity index (χ4v) is 1.96. The molecule has 0 unspecified atom stereocenters. The van der Waals surface area contributed by atoms with Crippen LogP contribution in [0.1, 0.15) is 0 Å². The topological polar surface area (TPSA) is 53.1 Å². The summed E-state index contributed by atoms with van der Waals surface area (Å²) >= 11 is 3.43. The number of ether oxygens (including phenoxy) is 1. The molecule has 1 aromatic heterocycles. The van der Waals surface area contributed by atoms with E-state index in [1.807, 2.05) is 31.4 Å². The summed E-state index contributed by atoms with van der Waals surface area (Å²) in [5, 5.41) is 4.12. The highest BCUT2D eigenvalue weighted by atomic mass is 79.9. The van der Waals surface area contributed by atoms with Crippen LogP contribution >= 0.6 is 15.9 Å². The van der Waals surface area contributed by atoms with Crippen LogP contribution in [0, 0.1) is 0 Å². The maximum absolute atomic E-state index is 5.84. The van der Waals surface area contributed by atoms with Crippen LogP contribution in [0.3, 0.4) is 0 Å². The minimum Gasteiger partial charge on any atom is -0.496 e. The number of rotatable bonds is 2. The summed E-state index contributed by atoms with van der Waals surface area (Å²) in [7, 11) is 3.48. The van der Waals surface area contributed by atoms with Gasteiger partial charge in [0.05, 0.1) is 7.11 Å². The summed E-state index contributed by atoms with van der Waals surface area (Å²) in [4.78, 5) is 0. The second kappa shape index (κ2) is 4.17. The average Bonchev–Trinajstić information content (AvgIpc) is 2.57. The molecule has 0 amide bonds. The fraction of sp³-hybridized carbons (Fsp3) is 0.182. The highest BCUT2D eigenvalue weighted by molar-refractivity contribution is 9.10. The maximum atomic E-state index is 5.84. The molecule has 16 heavy (non-hydrogen) atoms. The monoisotopic (exact) mass is 281 g/mol. The smallest absolute Gasteiger partial charge is 0.153 e. The number of aromatic nitrogens is 2.